The zero-order valence-corrected chi connectivity index (χ0v) is 7.58. The van der Waals surface area contributed by atoms with Crippen LogP contribution in [0.4, 0.5) is 11.9 Å². The van der Waals surface area contributed by atoms with Crippen molar-refractivity contribution in [1.82, 2.24) is 20.5 Å². The van der Waals surface area contributed by atoms with Gasteiger partial charge in [-0.25, -0.2) is 5.10 Å². The molecule has 0 saturated carbocycles. The maximum absolute atomic E-state index is 10.9. The van der Waals surface area contributed by atoms with Gasteiger partial charge in [0.15, 0.2) is 0 Å². The first-order chi connectivity index (χ1) is 6.74. The Morgan fingerprint density at radius 1 is 1.57 bits per heavy atom. The van der Waals surface area contributed by atoms with E-state index < -0.39 is 0 Å². The van der Waals surface area contributed by atoms with E-state index in [9.17, 15) is 4.79 Å². The number of nitrogen functional groups attached to an aromatic ring is 1. The number of amides is 1. The monoisotopic (exact) mass is 196 g/mol. The number of aromatic nitrogens is 3. The van der Waals surface area contributed by atoms with Gasteiger partial charge < -0.3 is 16.4 Å². The standard InChI is InChI=1S/C7H12N6O/c8-6-11-7(13-12-6)10-4-1-2-5(14)9-3-4/h4H,1-3H2,(H,9,14)(H4,8,10,11,12,13). The summed E-state index contributed by atoms with van der Waals surface area (Å²) in [5.41, 5.74) is 5.37. The van der Waals surface area contributed by atoms with Crippen LogP contribution >= 0.6 is 0 Å². The van der Waals surface area contributed by atoms with Gasteiger partial charge in [0.25, 0.3) is 0 Å². The minimum Gasteiger partial charge on any atom is -0.368 e. The van der Waals surface area contributed by atoms with E-state index in [2.05, 4.69) is 25.8 Å². The number of H-pyrrole nitrogens is 1. The zero-order valence-electron chi connectivity index (χ0n) is 7.58. The Bertz CT molecular complexity index is 325. The normalized spacial score (nSPS) is 21.7. The number of nitrogens with two attached hydrogens (primary N) is 1. The third-order valence-corrected chi connectivity index (χ3v) is 2.10. The van der Waals surface area contributed by atoms with Crippen molar-refractivity contribution in [3.8, 4) is 0 Å². The van der Waals surface area contributed by atoms with Crippen LogP contribution in [-0.4, -0.2) is 33.7 Å². The first-order valence-electron chi connectivity index (χ1n) is 4.45. The summed E-state index contributed by atoms with van der Waals surface area (Å²) in [6, 6.07) is 0.183. The van der Waals surface area contributed by atoms with E-state index in [0.29, 0.717) is 18.9 Å². The Morgan fingerprint density at radius 2 is 2.43 bits per heavy atom. The Morgan fingerprint density at radius 3 is 3.00 bits per heavy atom. The summed E-state index contributed by atoms with van der Waals surface area (Å²) in [6.07, 6.45) is 1.33. The zero-order chi connectivity index (χ0) is 9.97. The number of rotatable bonds is 2. The van der Waals surface area contributed by atoms with E-state index in [1.165, 1.54) is 0 Å². The minimum absolute atomic E-state index is 0.0950. The number of anilines is 2. The molecule has 0 spiro atoms. The Labute approximate surface area is 80.5 Å². The van der Waals surface area contributed by atoms with Crippen molar-refractivity contribution in [2.45, 2.75) is 18.9 Å². The molecule has 2 rings (SSSR count). The van der Waals surface area contributed by atoms with Gasteiger partial charge in [-0.2, -0.15) is 4.98 Å². The summed E-state index contributed by atoms with van der Waals surface area (Å²) < 4.78 is 0. The predicted octanol–water partition coefficient (Wildman–Crippen LogP) is -0.923. The summed E-state index contributed by atoms with van der Waals surface area (Å²) in [4.78, 5) is 14.8. The molecule has 1 amide bonds. The lowest BCUT2D eigenvalue weighted by atomic mass is 10.1. The average molecular weight is 196 g/mol. The van der Waals surface area contributed by atoms with E-state index in [4.69, 9.17) is 5.73 Å². The Hall–Kier alpha value is -1.79. The molecular weight excluding hydrogens is 184 g/mol. The molecule has 14 heavy (non-hydrogen) atoms. The number of piperidine rings is 1. The molecule has 7 nitrogen and oxygen atoms in total. The highest BCUT2D eigenvalue weighted by atomic mass is 16.1. The highest BCUT2D eigenvalue weighted by molar-refractivity contribution is 5.76. The smallest absolute Gasteiger partial charge is 0.243 e. The van der Waals surface area contributed by atoms with Crippen LogP contribution in [0.5, 0.6) is 0 Å². The van der Waals surface area contributed by atoms with Gasteiger partial charge >= 0.3 is 0 Å². The fourth-order valence-corrected chi connectivity index (χ4v) is 1.38. The van der Waals surface area contributed by atoms with Crippen molar-refractivity contribution < 1.29 is 4.79 Å². The van der Waals surface area contributed by atoms with Crippen LogP contribution in [0, 0.1) is 0 Å². The first-order valence-corrected chi connectivity index (χ1v) is 4.45. The third-order valence-electron chi connectivity index (χ3n) is 2.10. The SMILES string of the molecule is Nc1nc(NC2CCC(=O)NC2)n[nH]1. The fraction of sp³-hybridized carbons (Fsp3) is 0.571. The van der Waals surface area contributed by atoms with Crippen LogP contribution < -0.4 is 16.4 Å². The van der Waals surface area contributed by atoms with Crippen LogP contribution in [0.1, 0.15) is 12.8 Å². The molecule has 1 aromatic heterocycles. The van der Waals surface area contributed by atoms with Gasteiger partial charge in [-0.3, -0.25) is 4.79 Å². The molecule has 2 heterocycles. The summed E-state index contributed by atoms with van der Waals surface area (Å²) >= 11 is 0. The van der Waals surface area contributed by atoms with E-state index in [1.54, 1.807) is 0 Å². The van der Waals surface area contributed by atoms with Gasteiger partial charge in [0.05, 0.1) is 0 Å². The molecule has 5 N–H and O–H groups in total. The molecule has 1 saturated heterocycles. The van der Waals surface area contributed by atoms with Crippen molar-refractivity contribution in [3.63, 3.8) is 0 Å². The third kappa shape index (κ3) is 1.93. The van der Waals surface area contributed by atoms with E-state index in [0.717, 1.165) is 6.42 Å². The molecule has 76 valence electrons. The summed E-state index contributed by atoms with van der Waals surface area (Å²) in [6.45, 7) is 0.604. The van der Waals surface area contributed by atoms with E-state index in [1.807, 2.05) is 0 Å². The van der Waals surface area contributed by atoms with Crippen LogP contribution in [0.25, 0.3) is 0 Å². The average Bonchev–Trinajstić information content (AvgIpc) is 2.56. The Kier molecular flexibility index (Phi) is 2.21. The number of hydrogen-bond acceptors (Lipinski definition) is 5. The minimum atomic E-state index is 0.0950. The number of carbonyl (C=O) groups is 1. The second-order valence-corrected chi connectivity index (χ2v) is 3.23. The molecule has 1 aliphatic rings. The number of aromatic amines is 1. The molecule has 0 bridgehead atoms. The molecule has 1 fully saturated rings. The molecule has 0 radical (unpaired) electrons. The van der Waals surface area contributed by atoms with Gasteiger partial charge in [0.1, 0.15) is 0 Å². The molecule has 7 heteroatoms. The molecule has 0 aromatic carbocycles. The van der Waals surface area contributed by atoms with Crippen molar-refractivity contribution in [2.24, 2.45) is 0 Å². The largest absolute Gasteiger partial charge is 0.368 e. The Balaban J connectivity index is 1.89. The van der Waals surface area contributed by atoms with Crippen molar-refractivity contribution in [1.29, 1.82) is 0 Å². The molecule has 0 aliphatic carbocycles. The quantitative estimate of drug-likeness (QED) is 0.489. The van der Waals surface area contributed by atoms with Gasteiger partial charge in [0.2, 0.25) is 17.8 Å². The van der Waals surface area contributed by atoms with Crippen molar-refractivity contribution >= 4 is 17.8 Å². The first kappa shape index (κ1) is 8.79. The van der Waals surface area contributed by atoms with Gasteiger partial charge in [0, 0.05) is 19.0 Å². The summed E-state index contributed by atoms with van der Waals surface area (Å²) in [5, 5.41) is 12.2. The van der Waals surface area contributed by atoms with Crippen molar-refractivity contribution in [3.05, 3.63) is 0 Å². The lowest BCUT2D eigenvalue weighted by Crippen LogP contribution is -2.42. The van der Waals surface area contributed by atoms with Crippen LogP contribution in [0.2, 0.25) is 0 Å². The van der Waals surface area contributed by atoms with E-state index in [-0.39, 0.29) is 17.9 Å². The van der Waals surface area contributed by atoms with Crippen LogP contribution in [0.3, 0.4) is 0 Å². The highest BCUT2D eigenvalue weighted by Crippen LogP contribution is 2.08. The topological polar surface area (TPSA) is 109 Å². The number of hydrogen-bond donors (Lipinski definition) is 4. The number of nitrogens with zero attached hydrogens (tertiary/aromatic N) is 2. The van der Waals surface area contributed by atoms with Gasteiger partial charge in [-0.1, -0.05) is 0 Å². The van der Waals surface area contributed by atoms with Crippen molar-refractivity contribution in [2.75, 3.05) is 17.6 Å². The van der Waals surface area contributed by atoms with Gasteiger partial charge in [-0.05, 0) is 6.42 Å². The molecule has 1 aliphatic heterocycles. The second kappa shape index (κ2) is 3.52. The molecule has 1 atom stereocenters. The number of carbonyl (C=O) groups excluding carboxylic acids is 1. The summed E-state index contributed by atoms with van der Waals surface area (Å²) in [7, 11) is 0. The van der Waals surface area contributed by atoms with Crippen LogP contribution in [0.15, 0.2) is 0 Å². The predicted molar refractivity (Wildman–Crippen MR) is 50.4 cm³/mol. The highest BCUT2D eigenvalue weighted by Gasteiger charge is 2.18. The maximum atomic E-state index is 10.9. The maximum Gasteiger partial charge on any atom is 0.243 e. The van der Waals surface area contributed by atoms with Crippen LogP contribution in [-0.2, 0) is 4.79 Å². The lowest BCUT2D eigenvalue weighted by molar-refractivity contribution is -0.122. The summed E-state index contributed by atoms with van der Waals surface area (Å²) in [5.74, 6) is 0.855. The van der Waals surface area contributed by atoms with E-state index >= 15 is 0 Å². The fourth-order valence-electron chi connectivity index (χ4n) is 1.38. The molecule has 1 unspecified atom stereocenters. The lowest BCUT2D eigenvalue weighted by Gasteiger charge is -2.22. The molecule has 1 aromatic rings. The second-order valence-electron chi connectivity index (χ2n) is 3.23. The van der Waals surface area contributed by atoms with Gasteiger partial charge in [-0.15, -0.1) is 5.10 Å². The molecular formula is C7H12N6O. The number of nitrogens with one attached hydrogen (secondary N) is 3.